The Labute approximate surface area is 111 Å². The summed E-state index contributed by atoms with van der Waals surface area (Å²) in [6, 6.07) is 6.09. The van der Waals surface area contributed by atoms with Gasteiger partial charge in [-0.25, -0.2) is 0 Å². The van der Waals surface area contributed by atoms with E-state index in [0.717, 1.165) is 50.4 Å². The predicted molar refractivity (Wildman–Crippen MR) is 79.4 cm³/mol. The molecule has 0 unspecified atom stereocenters. The summed E-state index contributed by atoms with van der Waals surface area (Å²) in [7, 11) is 0. The molecule has 0 aliphatic heterocycles. The van der Waals surface area contributed by atoms with Crippen molar-refractivity contribution >= 4 is 11.4 Å². The minimum absolute atomic E-state index is 0.717. The summed E-state index contributed by atoms with van der Waals surface area (Å²) < 4.78 is 5.68. The molecule has 0 aliphatic carbocycles. The van der Waals surface area contributed by atoms with Crippen LogP contribution in [0.5, 0.6) is 5.75 Å². The van der Waals surface area contributed by atoms with Crippen molar-refractivity contribution in [1.82, 2.24) is 0 Å². The molecule has 0 aliphatic rings. The molecule has 2 N–H and O–H groups in total. The third kappa shape index (κ3) is 4.13. The van der Waals surface area contributed by atoms with E-state index in [1.54, 1.807) is 0 Å². The summed E-state index contributed by atoms with van der Waals surface area (Å²) >= 11 is 0. The molecule has 0 amide bonds. The van der Waals surface area contributed by atoms with Gasteiger partial charge < -0.3 is 15.4 Å². The first-order valence-electron chi connectivity index (χ1n) is 7.00. The van der Waals surface area contributed by atoms with E-state index >= 15 is 0 Å². The number of hydrogen-bond donors (Lipinski definition) is 1. The Morgan fingerprint density at radius 3 is 2.28 bits per heavy atom. The Bertz CT molecular complexity index is 346. The van der Waals surface area contributed by atoms with E-state index in [4.69, 9.17) is 10.5 Å². The number of nitrogens with zero attached hydrogens (tertiary/aromatic N) is 1. The largest absolute Gasteiger partial charge is 0.491 e. The molecule has 0 radical (unpaired) electrons. The highest BCUT2D eigenvalue weighted by Gasteiger charge is 2.08. The average Bonchev–Trinajstić information content (AvgIpc) is 2.38. The van der Waals surface area contributed by atoms with Crippen molar-refractivity contribution in [3.63, 3.8) is 0 Å². The Hall–Kier alpha value is -1.38. The summed E-state index contributed by atoms with van der Waals surface area (Å²) in [6.07, 6.45) is 3.29. The first-order valence-corrected chi connectivity index (χ1v) is 7.00. The molecular formula is C15H26N2O. The van der Waals surface area contributed by atoms with Crippen LogP contribution in [-0.2, 0) is 0 Å². The Morgan fingerprint density at radius 2 is 1.72 bits per heavy atom. The second-order valence-electron chi connectivity index (χ2n) is 4.56. The van der Waals surface area contributed by atoms with E-state index < -0.39 is 0 Å². The number of rotatable bonds is 8. The first-order chi connectivity index (χ1) is 8.72. The first kappa shape index (κ1) is 14.7. The van der Waals surface area contributed by atoms with Crippen LogP contribution >= 0.6 is 0 Å². The van der Waals surface area contributed by atoms with Gasteiger partial charge in [-0.1, -0.05) is 20.8 Å². The topological polar surface area (TPSA) is 38.5 Å². The minimum Gasteiger partial charge on any atom is -0.491 e. The maximum atomic E-state index is 5.93. The quantitative estimate of drug-likeness (QED) is 0.715. The monoisotopic (exact) mass is 250 g/mol. The molecule has 3 nitrogen and oxygen atoms in total. The van der Waals surface area contributed by atoms with Gasteiger partial charge in [0.15, 0.2) is 0 Å². The van der Waals surface area contributed by atoms with E-state index in [1.165, 1.54) is 5.69 Å². The summed E-state index contributed by atoms with van der Waals surface area (Å²) in [5.41, 5.74) is 7.86. The molecule has 0 atom stereocenters. The smallest absolute Gasteiger partial charge is 0.144 e. The Balaban J connectivity index is 2.86. The van der Waals surface area contributed by atoms with Crippen LogP contribution in [0, 0.1) is 0 Å². The van der Waals surface area contributed by atoms with Crippen molar-refractivity contribution in [1.29, 1.82) is 0 Å². The lowest BCUT2D eigenvalue weighted by Crippen LogP contribution is -2.24. The van der Waals surface area contributed by atoms with Crippen molar-refractivity contribution < 1.29 is 4.74 Å². The molecule has 1 rings (SSSR count). The van der Waals surface area contributed by atoms with Gasteiger partial charge in [0.25, 0.3) is 0 Å². The number of nitrogen functional groups attached to an aromatic ring is 1. The molecule has 0 aromatic heterocycles. The highest BCUT2D eigenvalue weighted by molar-refractivity contribution is 5.62. The predicted octanol–water partition coefficient (Wildman–Crippen LogP) is 3.68. The zero-order valence-corrected chi connectivity index (χ0v) is 11.9. The van der Waals surface area contributed by atoms with Crippen molar-refractivity contribution in [2.45, 2.75) is 40.0 Å². The molecule has 0 spiro atoms. The number of ether oxygens (including phenoxy) is 1. The molecule has 102 valence electrons. The van der Waals surface area contributed by atoms with Crippen LogP contribution in [-0.4, -0.2) is 19.7 Å². The van der Waals surface area contributed by atoms with Gasteiger partial charge in [-0.15, -0.1) is 0 Å². The number of benzene rings is 1. The minimum atomic E-state index is 0.717. The van der Waals surface area contributed by atoms with E-state index in [9.17, 15) is 0 Å². The van der Waals surface area contributed by atoms with Gasteiger partial charge >= 0.3 is 0 Å². The van der Waals surface area contributed by atoms with Crippen molar-refractivity contribution in [3.05, 3.63) is 18.2 Å². The summed E-state index contributed by atoms with van der Waals surface area (Å²) in [5, 5.41) is 0. The van der Waals surface area contributed by atoms with E-state index in [0.29, 0.717) is 0 Å². The summed E-state index contributed by atoms with van der Waals surface area (Å²) in [4.78, 5) is 2.39. The molecule has 0 heterocycles. The zero-order chi connectivity index (χ0) is 13.4. The van der Waals surface area contributed by atoms with Gasteiger partial charge in [0, 0.05) is 24.8 Å². The average molecular weight is 250 g/mol. The maximum Gasteiger partial charge on any atom is 0.144 e. The molecule has 0 bridgehead atoms. The number of nitrogens with two attached hydrogens (primary N) is 1. The second-order valence-corrected chi connectivity index (χ2v) is 4.56. The third-order valence-corrected chi connectivity index (χ3v) is 2.81. The van der Waals surface area contributed by atoms with E-state index in [-0.39, 0.29) is 0 Å². The summed E-state index contributed by atoms with van der Waals surface area (Å²) in [5.74, 6) is 0.812. The zero-order valence-electron chi connectivity index (χ0n) is 11.9. The van der Waals surface area contributed by atoms with Gasteiger partial charge in [-0.05, 0) is 31.4 Å². The lowest BCUT2D eigenvalue weighted by molar-refractivity contribution is 0.319. The van der Waals surface area contributed by atoms with Crippen LogP contribution in [0.3, 0.4) is 0 Å². The fourth-order valence-electron chi connectivity index (χ4n) is 1.97. The molecule has 3 heteroatoms. The fraction of sp³-hybridized carbons (Fsp3) is 0.600. The van der Waals surface area contributed by atoms with E-state index in [1.807, 2.05) is 6.07 Å². The molecule has 18 heavy (non-hydrogen) atoms. The van der Waals surface area contributed by atoms with Gasteiger partial charge in [-0.3, -0.25) is 0 Å². The van der Waals surface area contributed by atoms with Gasteiger partial charge in [0.05, 0.1) is 12.3 Å². The highest BCUT2D eigenvalue weighted by atomic mass is 16.5. The SMILES string of the molecule is CCCOc1cc(N(CCC)CCC)ccc1N. The van der Waals surface area contributed by atoms with Crippen molar-refractivity contribution in [2.75, 3.05) is 30.3 Å². The highest BCUT2D eigenvalue weighted by Crippen LogP contribution is 2.28. The van der Waals surface area contributed by atoms with Crippen LogP contribution in [0.1, 0.15) is 40.0 Å². The summed E-state index contributed by atoms with van der Waals surface area (Å²) in [6.45, 7) is 9.37. The molecule has 1 aromatic carbocycles. The Morgan fingerprint density at radius 1 is 1.06 bits per heavy atom. The fourth-order valence-corrected chi connectivity index (χ4v) is 1.97. The van der Waals surface area contributed by atoms with Crippen LogP contribution < -0.4 is 15.4 Å². The normalized spacial score (nSPS) is 10.4. The van der Waals surface area contributed by atoms with Crippen LogP contribution in [0.15, 0.2) is 18.2 Å². The number of hydrogen-bond acceptors (Lipinski definition) is 3. The molecule has 0 fully saturated rings. The van der Waals surface area contributed by atoms with Crippen molar-refractivity contribution in [3.8, 4) is 5.75 Å². The molecule has 0 saturated carbocycles. The standard InChI is InChI=1S/C15H26N2O/c1-4-9-17(10-5-2)13-7-8-14(16)15(12-13)18-11-6-3/h7-8,12H,4-6,9-11,16H2,1-3H3. The van der Waals surface area contributed by atoms with Crippen LogP contribution in [0.25, 0.3) is 0 Å². The maximum absolute atomic E-state index is 5.93. The third-order valence-electron chi connectivity index (χ3n) is 2.81. The van der Waals surface area contributed by atoms with Gasteiger partial charge in [-0.2, -0.15) is 0 Å². The van der Waals surface area contributed by atoms with Crippen molar-refractivity contribution in [2.24, 2.45) is 0 Å². The molecule has 0 saturated heterocycles. The molecular weight excluding hydrogens is 224 g/mol. The van der Waals surface area contributed by atoms with Crippen LogP contribution in [0.4, 0.5) is 11.4 Å². The van der Waals surface area contributed by atoms with E-state index in [2.05, 4.69) is 37.8 Å². The lowest BCUT2D eigenvalue weighted by atomic mass is 10.2. The molecule has 1 aromatic rings. The Kier molecular flexibility index (Phi) is 6.40. The lowest BCUT2D eigenvalue weighted by Gasteiger charge is -2.24. The van der Waals surface area contributed by atoms with Gasteiger partial charge in [0.2, 0.25) is 0 Å². The van der Waals surface area contributed by atoms with Gasteiger partial charge in [0.1, 0.15) is 5.75 Å². The van der Waals surface area contributed by atoms with Crippen LogP contribution in [0.2, 0.25) is 0 Å². The second kappa shape index (κ2) is 7.85. The number of anilines is 2.